The molecule has 0 aliphatic heterocycles. The second kappa shape index (κ2) is 11.2. The van der Waals surface area contributed by atoms with Crippen molar-refractivity contribution in [3.05, 3.63) is 17.9 Å². The van der Waals surface area contributed by atoms with Crippen molar-refractivity contribution in [3.63, 3.8) is 0 Å². The van der Waals surface area contributed by atoms with E-state index in [-0.39, 0.29) is 5.78 Å². The quantitative estimate of drug-likeness (QED) is 0.467. The van der Waals surface area contributed by atoms with Crippen LogP contribution in [0.5, 0.6) is 0 Å². The zero-order chi connectivity index (χ0) is 11.4. The Morgan fingerprint density at radius 3 is 2.80 bits per heavy atom. The third-order valence-electron chi connectivity index (χ3n) is 2.08. The minimum absolute atomic E-state index is 0.241. The predicted molar refractivity (Wildman–Crippen MR) is 65.0 cm³/mol. The molecule has 2 heteroatoms. The third kappa shape index (κ3) is 13.2. The Balaban J connectivity index is 3.26. The van der Waals surface area contributed by atoms with E-state index in [2.05, 4.69) is 18.0 Å². The van der Waals surface area contributed by atoms with Gasteiger partial charge in [-0.2, -0.15) is 0 Å². The van der Waals surface area contributed by atoms with Crippen LogP contribution in [0.25, 0.3) is 0 Å². The molecule has 0 atom stereocenters. The van der Waals surface area contributed by atoms with Crippen molar-refractivity contribution in [3.8, 4) is 0 Å². The lowest BCUT2D eigenvalue weighted by atomic mass is 10.2. The number of hydrogen-bond acceptors (Lipinski definition) is 2. The second-order valence-electron chi connectivity index (χ2n) is 3.73. The summed E-state index contributed by atoms with van der Waals surface area (Å²) < 4.78 is 0. The van der Waals surface area contributed by atoms with E-state index >= 15 is 0 Å². The maximum atomic E-state index is 10.6. The van der Waals surface area contributed by atoms with Gasteiger partial charge in [0.25, 0.3) is 0 Å². The van der Waals surface area contributed by atoms with Gasteiger partial charge < -0.3 is 10.1 Å². The van der Waals surface area contributed by atoms with Crippen LogP contribution in [0.2, 0.25) is 0 Å². The molecule has 0 aromatic heterocycles. The fourth-order valence-electron chi connectivity index (χ4n) is 1.18. The van der Waals surface area contributed by atoms with Crippen molar-refractivity contribution in [2.45, 2.75) is 46.0 Å². The molecule has 0 aliphatic carbocycles. The summed E-state index contributed by atoms with van der Waals surface area (Å²) in [6.07, 6.45) is 9.15. The standard InChI is InChI=1S/C13H23NO/c1-3-4-8-11-14-12-9-6-5-7-10-13(2)15/h5,9,14H,3-4,7-8,10-12H2,1-2H3. The summed E-state index contributed by atoms with van der Waals surface area (Å²) in [4.78, 5) is 10.6. The van der Waals surface area contributed by atoms with Crippen molar-refractivity contribution in [1.82, 2.24) is 5.32 Å². The Morgan fingerprint density at radius 2 is 2.13 bits per heavy atom. The van der Waals surface area contributed by atoms with Gasteiger partial charge in [0.15, 0.2) is 0 Å². The van der Waals surface area contributed by atoms with Gasteiger partial charge in [0.05, 0.1) is 0 Å². The van der Waals surface area contributed by atoms with E-state index in [1.807, 2.05) is 12.2 Å². The Morgan fingerprint density at radius 1 is 1.33 bits per heavy atom. The Kier molecular flexibility index (Phi) is 10.6. The number of carbonyl (C=O) groups excluding carboxylic acids is 1. The lowest BCUT2D eigenvalue weighted by Crippen LogP contribution is -2.14. The minimum Gasteiger partial charge on any atom is -0.313 e. The zero-order valence-corrected chi connectivity index (χ0v) is 10.0. The molecule has 0 saturated heterocycles. The van der Waals surface area contributed by atoms with Crippen molar-refractivity contribution in [2.24, 2.45) is 0 Å². The maximum absolute atomic E-state index is 10.6. The molecule has 0 amide bonds. The Labute approximate surface area is 93.5 Å². The number of carbonyl (C=O) groups is 1. The summed E-state index contributed by atoms with van der Waals surface area (Å²) in [5.41, 5.74) is 3.07. The van der Waals surface area contributed by atoms with Gasteiger partial charge in [0.2, 0.25) is 0 Å². The fraction of sp³-hybridized carbons (Fsp3) is 0.692. The highest BCUT2D eigenvalue weighted by atomic mass is 16.1. The van der Waals surface area contributed by atoms with Crippen LogP contribution in [-0.2, 0) is 4.79 Å². The normalized spacial score (nSPS) is 9.47. The smallest absolute Gasteiger partial charge is 0.130 e. The largest absolute Gasteiger partial charge is 0.313 e. The molecule has 1 N–H and O–H groups in total. The van der Waals surface area contributed by atoms with Crippen LogP contribution < -0.4 is 5.32 Å². The van der Waals surface area contributed by atoms with Gasteiger partial charge in [-0.1, -0.05) is 19.8 Å². The first-order chi connectivity index (χ1) is 7.27. The lowest BCUT2D eigenvalue weighted by molar-refractivity contribution is -0.116. The summed E-state index contributed by atoms with van der Waals surface area (Å²) in [5.74, 6) is 0.241. The highest BCUT2D eigenvalue weighted by molar-refractivity contribution is 5.75. The monoisotopic (exact) mass is 209 g/mol. The van der Waals surface area contributed by atoms with Gasteiger partial charge in [-0.25, -0.2) is 0 Å². The minimum atomic E-state index is 0.241. The first kappa shape index (κ1) is 14.2. The molecule has 2 nitrogen and oxygen atoms in total. The first-order valence-electron chi connectivity index (χ1n) is 5.87. The highest BCUT2D eigenvalue weighted by Gasteiger charge is 1.87. The van der Waals surface area contributed by atoms with Crippen LogP contribution in [0.3, 0.4) is 0 Å². The van der Waals surface area contributed by atoms with E-state index < -0.39 is 0 Å². The first-order valence-corrected chi connectivity index (χ1v) is 5.87. The van der Waals surface area contributed by atoms with Crippen LogP contribution in [0.4, 0.5) is 0 Å². The van der Waals surface area contributed by atoms with Gasteiger partial charge in [-0.05, 0) is 38.5 Å². The Hall–Kier alpha value is -0.850. The van der Waals surface area contributed by atoms with Crippen LogP contribution in [-0.4, -0.2) is 18.9 Å². The van der Waals surface area contributed by atoms with E-state index in [1.165, 1.54) is 19.3 Å². The van der Waals surface area contributed by atoms with E-state index in [4.69, 9.17) is 0 Å². The summed E-state index contributed by atoms with van der Waals surface area (Å²) in [5, 5.41) is 3.31. The molecule has 0 heterocycles. The van der Waals surface area contributed by atoms with Crippen molar-refractivity contribution in [2.75, 3.05) is 13.1 Å². The fourth-order valence-corrected chi connectivity index (χ4v) is 1.18. The molecule has 15 heavy (non-hydrogen) atoms. The topological polar surface area (TPSA) is 29.1 Å². The molecule has 86 valence electrons. The molecular weight excluding hydrogens is 186 g/mol. The average Bonchev–Trinajstić information content (AvgIpc) is 2.20. The molecule has 0 aromatic rings. The molecule has 0 rings (SSSR count). The molecule has 0 spiro atoms. The number of rotatable bonds is 9. The summed E-state index contributed by atoms with van der Waals surface area (Å²) in [6.45, 7) is 5.78. The van der Waals surface area contributed by atoms with Crippen molar-refractivity contribution < 1.29 is 4.79 Å². The molecule has 0 saturated carbocycles. The highest BCUT2D eigenvalue weighted by Crippen LogP contribution is 1.91. The van der Waals surface area contributed by atoms with Crippen LogP contribution >= 0.6 is 0 Å². The Bertz CT molecular complexity index is 215. The molecule has 0 aliphatic rings. The van der Waals surface area contributed by atoms with Crippen molar-refractivity contribution in [1.29, 1.82) is 0 Å². The van der Waals surface area contributed by atoms with Crippen molar-refractivity contribution >= 4 is 5.78 Å². The number of ketones is 1. The van der Waals surface area contributed by atoms with E-state index in [1.54, 1.807) is 6.92 Å². The van der Waals surface area contributed by atoms with Crippen LogP contribution in [0.1, 0.15) is 46.0 Å². The summed E-state index contributed by atoms with van der Waals surface area (Å²) in [7, 11) is 0. The zero-order valence-electron chi connectivity index (χ0n) is 10.0. The van der Waals surface area contributed by atoms with Gasteiger partial charge in [0, 0.05) is 13.0 Å². The second-order valence-corrected chi connectivity index (χ2v) is 3.73. The maximum Gasteiger partial charge on any atom is 0.130 e. The number of hydrogen-bond donors (Lipinski definition) is 1. The SMILES string of the molecule is CCCCCNCC=C=CCCC(C)=O. The molecule has 0 aromatic carbocycles. The molecule has 0 bridgehead atoms. The predicted octanol–water partition coefficient (Wildman–Crippen LogP) is 2.85. The number of nitrogens with one attached hydrogen (secondary N) is 1. The van der Waals surface area contributed by atoms with Gasteiger partial charge in [-0.15, -0.1) is 5.73 Å². The molecule has 0 unspecified atom stereocenters. The molecule has 0 radical (unpaired) electrons. The van der Waals surface area contributed by atoms with Gasteiger partial charge >= 0.3 is 0 Å². The summed E-state index contributed by atoms with van der Waals surface area (Å²) >= 11 is 0. The van der Waals surface area contributed by atoms with Crippen LogP contribution in [0.15, 0.2) is 17.9 Å². The van der Waals surface area contributed by atoms with Gasteiger partial charge in [0.1, 0.15) is 5.78 Å². The molecule has 0 fully saturated rings. The van der Waals surface area contributed by atoms with E-state index in [9.17, 15) is 4.79 Å². The van der Waals surface area contributed by atoms with Crippen LogP contribution in [0, 0.1) is 0 Å². The average molecular weight is 209 g/mol. The number of Topliss-reactive ketones (excluding diaryl/α,β-unsaturated/α-hetero) is 1. The van der Waals surface area contributed by atoms with E-state index in [0.29, 0.717) is 6.42 Å². The van der Waals surface area contributed by atoms with Gasteiger partial charge in [-0.3, -0.25) is 0 Å². The number of unbranched alkanes of at least 4 members (excludes halogenated alkanes) is 2. The molecular formula is C13H23NO. The lowest BCUT2D eigenvalue weighted by Gasteiger charge is -1.98. The summed E-state index contributed by atoms with van der Waals surface area (Å²) in [6, 6.07) is 0. The van der Waals surface area contributed by atoms with E-state index in [0.717, 1.165) is 19.5 Å². The third-order valence-corrected chi connectivity index (χ3v) is 2.08.